The molecule has 0 amide bonds. The van der Waals surface area contributed by atoms with Crippen molar-refractivity contribution in [3.05, 3.63) is 47.5 Å². The maximum absolute atomic E-state index is 12.6. The first kappa shape index (κ1) is 18.0. The molecule has 0 fully saturated rings. The van der Waals surface area contributed by atoms with Gasteiger partial charge in [-0.25, -0.2) is 0 Å². The van der Waals surface area contributed by atoms with Crippen LogP contribution in [0.3, 0.4) is 0 Å². The van der Waals surface area contributed by atoms with Crippen LogP contribution in [0.4, 0.5) is 8.96 Å². The van der Waals surface area contributed by atoms with E-state index in [2.05, 4.69) is 0 Å². The van der Waals surface area contributed by atoms with Gasteiger partial charge in [0.25, 0.3) is 0 Å². The predicted molar refractivity (Wildman–Crippen MR) is 78.6 cm³/mol. The zero-order chi connectivity index (χ0) is 16.5. The SMILES string of the molecule is CCCC/C=C/C(=O)c1ccccc1C[C@@H](C(=O)O)N(F)F. The number of unbranched alkanes of at least 4 members (excludes halogenated alkanes) is 2. The van der Waals surface area contributed by atoms with E-state index in [1.807, 2.05) is 6.92 Å². The molecule has 1 rings (SSSR count). The molecule has 1 aromatic rings. The maximum atomic E-state index is 12.6. The summed E-state index contributed by atoms with van der Waals surface area (Å²) in [6, 6.07) is 4.24. The smallest absolute Gasteiger partial charge is 0.326 e. The zero-order valence-electron chi connectivity index (χ0n) is 12.3. The molecule has 0 saturated heterocycles. The highest BCUT2D eigenvalue weighted by Gasteiger charge is 2.28. The molecule has 0 unspecified atom stereocenters. The van der Waals surface area contributed by atoms with Crippen LogP contribution in [0.15, 0.2) is 36.4 Å². The molecule has 0 saturated carbocycles. The lowest BCUT2D eigenvalue weighted by atomic mass is 9.97. The van der Waals surface area contributed by atoms with Crippen LogP contribution in [0.25, 0.3) is 0 Å². The van der Waals surface area contributed by atoms with Gasteiger partial charge in [0.15, 0.2) is 11.8 Å². The van der Waals surface area contributed by atoms with Crippen LogP contribution in [-0.4, -0.2) is 28.2 Å². The normalized spacial score (nSPS) is 12.7. The molecule has 1 atom stereocenters. The van der Waals surface area contributed by atoms with Gasteiger partial charge in [-0.15, -0.1) is 8.96 Å². The number of benzene rings is 1. The topological polar surface area (TPSA) is 57.6 Å². The van der Waals surface area contributed by atoms with E-state index in [0.29, 0.717) is 5.56 Å². The van der Waals surface area contributed by atoms with Crippen molar-refractivity contribution in [3.63, 3.8) is 0 Å². The maximum Gasteiger partial charge on any atom is 0.326 e. The molecule has 120 valence electrons. The second-order valence-corrected chi connectivity index (χ2v) is 4.88. The van der Waals surface area contributed by atoms with Crippen molar-refractivity contribution in [1.29, 1.82) is 0 Å². The molecule has 0 spiro atoms. The number of nitrogens with zero attached hydrogens (tertiary/aromatic N) is 1. The van der Waals surface area contributed by atoms with Crippen molar-refractivity contribution >= 4 is 11.8 Å². The van der Waals surface area contributed by atoms with Crippen molar-refractivity contribution in [2.45, 2.75) is 38.6 Å². The molecule has 6 heteroatoms. The van der Waals surface area contributed by atoms with Crippen LogP contribution < -0.4 is 0 Å². The molecule has 0 aliphatic carbocycles. The first-order valence-corrected chi connectivity index (χ1v) is 7.09. The first-order chi connectivity index (χ1) is 10.5. The molecule has 1 N–H and O–H groups in total. The van der Waals surface area contributed by atoms with Gasteiger partial charge in [0.05, 0.1) is 0 Å². The van der Waals surface area contributed by atoms with Crippen LogP contribution >= 0.6 is 0 Å². The minimum absolute atomic E-state index is 0.253. The van der Waals surface area contributed by atoms with Crippen molar-refractivity contribution < 1.29 is 23.7 Å². The minimum atomic E-state index is -1.97. The monoisotopic (exact) mass is 311 g/mol. The number of hydrogen-bond donors (Lipinski definition) is 1. The number of ketones is 1. The van der Waals surface area contributed by atoms with Crippen LogP contribution in [0, 0.1) is 0 Å². The lowest BCUT2D eigenvalue weighted by Crippen LogP contribution is -2.33. The molecule has 22 heavy (non-hydrogen) atoms. The highest BCUT2D eigenvalue weighted by molar-refractivity contribution is 6.05. The molecule has 0 heterocycles. The van der Waals surface area contributed by atoms with E-state index in [1.54, 1.807) is 18.2 Å². The third-order valence-corrected chi connectivity index (χ3v) is 3.21. The number of carbonyl (C=O) groups is 2. The molecule has 1 aromatic carbocycles. The number of carboxylic acid groups (broad SMARTS) is 1. The minimum Gasteiger partial charge on any atom is -0.480 e. The number of halogens is 2. The molecular weight excluding hydrogens is 292 g/mol. The fourth-order valence-electron chi connectivity index (χ4n) is 1.99. The van der Waals surface area contributed by atoms with E-state index in [1.165, 1.54) is 18.2 Å². The average Bonchev–Trinajstić information content (AvgIpc) is 2.48. The lowest BCUT2D eigenvalue weighted by molar-refractivity contribution is -0.201. The standard InChI is InChI=1S/C16H19F2NO3/c1-2-3-4-5-10-15(20)13-9-7-6-8-12(13)11-14(16(21)22)19(17)18/h5-10,14H,2-4,11H2,1H3,(H,21,22)/b10-5+/t14-/m0/s1. The number of aliphatic carboxylic acids is 1. The van der Waals surface area contributed by atoms with E-state index in [4.69, 9.17) is 5.11 Å². The van der Waals surface area contributed by atoms with Gasteiger partial charge in [0, 0.05) is 17.3 Å². The fraction of sp³-hybridized carbons (Fsp3) is 0.375. The number of carbonyl (C=O) groups excluding carboxylic acids is 1. The summed E-state index contributed by atoms with van der Waals surface area (Å²) in [5, 5.41) is 7.47. The Hall–Kier alpha value is -2.08. The van der Waals surface area contributed by atoms with Gasteiger partial charge in [-0.2, -0.15) is 0 Å². The third kappa shape index (κ3) is 5.37. The predicted octanol–water partition coefficient (Wildman–Crippen LogP) is 3.68. The Bertz CT molecular complexity index is 544. The van der Waals surface area contributed by atoms with E-state index >= 15 is 0 Å². The quantitative estimate of drug-likeness (QED) is 0.327. The van der Waals surface area contributed by atoms with Gasteiger partial charge in [-0.05, 0) is 18.1 Å². The number of hydrogen-bond acceptors (Lipinski definition) is 3. The molecule has 4 nitrogen and oxygen atoms in total. The Morgan fingerprint density at radius 3 is 2.59 bits per heavy atom. The molecule has 0 aliphatic rings. The highest BCUT2D eigenvalue weighted by atomic mass is 19.4. The van der Waals surface area contributed by atoms with Crippen molar-refractivity contribution in [3.8, 4) is 0 Å². The molecule has 0 aromatic heterocycles. The molecule has 0 radical (unpaired) electrons. The summed E-state index contributed by atoms with van der Waals surface area (Å²) in [6.45, 7) is 2.04. The summed E-state index contributed by atoms with van der Waals surface area (Å²) in [6.07, 6.45) is 5.46. The Morgan fingerprint density at radius 1 is 1.32 bits per heavy atom. The fourth-order valence-corrected chi connectivity index (χ4v) is 1.99. The van der Waals surface area contributed by atoms with Crippen LogP contribution in [-0.2, 0) is 11.2 Å². The van der Waals surface area contributed by atoms with Gasteiger partial charge < -0.3 is 5.11 Å². The van der Waals surface area contributed by atoms with E-state index in [-0.39, 0.29) is 11.3 Å². The van der Waals surface area contributed by atoms with Gasteiger partial charge in [0.1, 0.15) is 0 Å². The van der Waals surface area contributed by atoms with Crippen molar-refractivity contribution in [2.75, 3.05) is 0 Å². The second-order valence-electron chi connectivity index (χ2n) is 4.88. The Kier molecular flexibility index (Phi) is 7.39. The van der Waals surface area contributed by atoms with Gasteiger partial charge >= 0.3 is 5.97 Å². The van der Waals surface area contributed by atoms with Crippen LogP contribution in [0.1, 0.15) is 42.1 Å². The summed E-state index contributed by atoms with van der Waals surface area (Å²) in [5.74, 6) is -1.94. The Balaban J connectivity index is 2.91. The summed E-state index contributed by atoms with van der Waals surface area (Å²) < 4.78 is 25.2. The molecule has 0 aliphatic heterocycles. The second kappa shape index (κ2) is 9.04. The first-order valence-electron chi connectivity index (χ1n) is 7.09. The Morgan fingerprint density at radius 2 is 2.00 bits per heavy atom. The third-order valence-electron chi connectivity index (χ3n) is 3.21. The average molecular weight is 311 g/mol. The van der Waals surface area contributed by atoms with Crippen LogP contribution in [0.2, 0.25) is 0 Å². The zero-order valence-corrected chi connectivity index (χ0v) is 12.3. The summed E-state index contributed by atoms with van der Waals surface area (Å²) >= 11 is 0. The van der Waals surface area contributed by atoms with Crippen molar-refractivity contribution in [2.24, 2.45) is 0 Å². The van der Waals surface area contributed by atoms with E-state index in [0.717, 1.165) is 19.3 Å². The summed E-state index contributed by atoms with van der Waals surface area (Å²) in [5.41, 5.74) is 0.545. The van der Waals surface area contributed by atoms with E-state index < -0.39 is 23.8 Å². The summed E-state index contributed by atoms with van der Waals surface area (Å²) in [4.78, 5) is 23.0. The van der Waals surface area contributed by atoms with Crippen molar-refractivity contribution in [1.82, 2.24) is 5.34 Å². The van der Waals surface area contributed by atoms with Crippen LogP contribution in [0.5, 0.6) is 0 Å². The number of carboxylic acids is 1. The lowest BCUT2D eigenvalue weighted by Gasteiger charge is -2.14. The summed E-state index contributed by atoms with van der Waals surface area (Å²) in [7, 11) is 0. The largest absolute Gasteiger partial charge is 0.480 e. The molecular formula is C16H19F2NO3. The van der Waals surface area contributed by atoms with E-state index in [9.17, 15) is 18.6 Å². The number of allylic oxidation sites excluding steroid dienone is 2. The molecule has 0 bridgehead atoms. The number of rotatable bonds is 9. The van der Waals surface area contributed by atoms with Gasteiger partial charge in [-0.1, -0.05) is 50.1 Å². The van der Waals surface area contributed by atoms with Gasteiger partial charge in [-0.3, -0.25) is 9.59 Å². The Labute approximate surface area is 127 Å². The highest BCUT2D eigenvalue weighted by Crippen LogP contribution is 2.16. The van der Waals surface area contributed by atoms with Gasteiger partial charge in [0.2, 0.25) is 0 Å².